The molecule has 2 aromatic carbocycles. The van der Waals surface area contributed by atoms with Gasteiger partial charge in [-0.25, -0.2) is 19.2 Å². The first kappa shape index (κ1) is 29.0. The van der Waals surface area contributed by atoms with Crippen molar-refractivity contribution in [1.29, 1.82) is 0 Å². The molecule has 3 amide bonds. The van der Waals surface area contributed by atoms with Crippen LogP contribution in [0.3, 0.4) is 0 Å². The molecule has 40 heavy (non-hydrogen) atoms. The molecule has 1 aliphatic carbocycles. The fourth-order valence-electron chi connectivity index (χ4n) is 4.38. The number of aryl methyl sites for hydroxylation is 2. The number of anilines is 3. The van der Waals surface area contributed by atoms with Gasteiger partial charge in [-0.3, -0.25) is 16.0 Å². The monoisotopic (exact) mass is 568 g/mol. The zero-order valence-corrected chi connectivity index (χ0v) is 23.3. The molecule has 1 heterocycles. The Kier molecular flexibility index (Phi) is 9.68. The average Bonchev–Trinajstić information content (AvgIpc) is 3.69. The number of amides is 3. The Bertz CT molecular complexity index is 1310. The number of rotatable bonds is 9. The van der Waals surface area contributed by atoms with Crippen LogP contribution < -0.4 is 16.0 Å². The van der Waals surface area contributed by atoms with Gasteiger partial charge in [0.05, 0.1) is 12.3 Å². The fraction of sp³-hybridized carbons (Fsp3) is 0.429. The summed E-state index contributed by atoms with van der Waals surface area (Å²) in [6, 6.07) is 9.93. The van der Waals surface area contributed by atoms with Gasteiger partial charge in [-0.15, -0.1) is 0 Å². The van der Waals surface area contributed by atoms with Gasteiger partial charge in [0, 0.05) is 27.6 Å². The highest BCUT2D eigenvalue weighted by Crippen LogP contribution is 2.52. The van der Waals surface area contributed by atoms with E-state index in [1.807, 2.05) is 11.8 Å². The number of nitrogens with one attached hydrogen (secondary N) is 3. The minimum Gasteiger partial charge on any atom is -0.449 e. The molecule has 2 aromatic rings. The van der Waals surface area contributed by atoms with Crippen molar-refractivity contribution in [3.8, 4) is 0 Å². The molecule has 2 fully saturated rings. The predicted octanol–water partition coefficient (Wildman–Crippen LogP) is 6.29. The van der Waals surface area contributed by atoms with Crippen LogP contribution in [0.25, 0.3) is 0 Å². The van der Waals surface area contributed by atoms with Crippen molar-refractivity contribution >= 4 is 58.9 Å². The second-order valence-corrected chi connectivity index (χ2v) is 11.4. The van der Waals surface area contributed by atoms with Gasteiger partial charge in [-0.05, 0) is 81.3 Å². The number of hydrogen-bond acceptors (Lipinski definition) is 9. The summed E-state index contributed by atoms with van der Waals surface area (Å²) in [5.41, 5.74) is 3.19. The summed E-state index contributed by atoms with van der Waals surface area (Å²) in [5.74, 6) is 0.406. The molecular formula is C28H32N4O7S. The Labute approximate surface area is 236 Å². The SMILES string of the molecule is Cc1ccc(NC(=O)OC(C)COC(=O)Nc2cc(NC(=O)OCC3CCC4SC4C3)ccc2C)cc1N=C=O. The van der Waals surface area contributed by atoms with Crippen molar-refractivity contribution in [3.05, 3.63) is 47.5 Å². The van der Waals surface area contributed by atoms with Crippen LogP contribution in [0.15, 0.2) is 41.4 Å². The predicted molar refractivity (Wildman–Crippen MR) is 152 cm³/mol. The minimum absolute atomic E-state index is 0.196. The van der Waals surface area contributed by atoms with E-state index in [-0.39, 0.29) is 6.61 Å². The van der Waals surface area contributed by atoms with Crippen LogP contribution in [0, 0.1) is 19.8 Å². The molecule has 0 aromatic heterocycles. The summed E-state index contributed by atoms with van der Waals surface area (Å²) in [5, 5.41) is 9.42. The van der Waals surface area contributed by atoms with Crippen LogP contribution in [-0.2, 0) is 19.0 Å². The van der Waals surface area contributed by atoms with E-state index in [0.29, 0.717) is 35.3 Å². The molecular weight excluding hydrogens is 536 g/mol. The zero-order chi connectivity index (χ0) is 28.6. The fourth-order valence-corrected chi connectivity index (χ4v) is 5.64. The molecule has 212 valence electrons. The van der Waals surface area contributed by atoms with Gasteiger partial charge in [0.15, 0.2) is 0 Å². The summed E-state index contributed by atoms with van der Waals surface area (Å²) in [6.45, 7) is 5.35. The Hall–Kier alpha value is -4.02. The van der Waals surface area contributed by atoms with Crippen molar-refractivity contribution < 1.29 is 33.4 Å². The van der Waals surface area contributed by atoms with E-state index >= 15 is 0 Å². The summed E-state index contributed by atoms with van der Waals surface area (Å²) < 4.78 is 15.8. The third kappa shape index (κ3) is 8.49. The Balaban J connectivity index is 1.19. The molecule has 4 unspecified atom stereocenters. The molecule has 11 nitrogen and oxygen atoms in total. The number of fused-ring (bicyclic) bond motifs is 1. The first-order valence-electron chi connectivity index (χ1n) is 13.0. The summed E-state index contributed by atoms with van der Waals surface area (Å²) in [7, 11) is 0. The number of hydrogen-bond donors (Lipinski definition) is 3. The maximum Gasteiger partial charge on any atom is 0.412 e. The largest absolute Gasteiger partial charge is 0.449 e. The van der Waals surface area contributed by atoms with Crippen LogP contribution >= 0.6 is 11.8 Å². The van der Waals surface area contributed by atoms with Gasteiger partial charge in [-0.1, -0.05) is 12.1 Å². The van der Waals surface area contributed by atoms with Crippen molar-refractivity contribution in [3.63, 3.8) is 0 Å². The quantitative estimate of drug-likeness (QED) is 0.139. The molecule has 1 saturated carbocycles. The summed E-state index contributed by atoms with van der Waals surface area (Å²) in [6.07, 6.45) is 2.05. The number of benzene rings is 2. The highest BCUT2D eigenvalue weighted by Gasteiger charge is 2.43. The lowest BCUT2D eigenvalue weighted by molar-refractivity contribution is 0.0651. The number of thioether (sulfide) groups is 1. The van der Waals surface area contributed by atoms with Gasteiger partial charge in [0.25, 0.3) is 0 Å². The van der Waals surface area contributed by atoms with E-state index in [4.69, 9.17) is 14.2 Å². The zero-order valence-electron chi connectivity index (χ0n) is 22.5. The summed E-state index contributed by atoms with van der Waals surface area (Å²) >= 11 is 2.02. The molecule has 1 aliphatic heterocycles. The topological polar surface area (TPSA) is 144 Å². The van der Waals surface area contributed by atoms with Gasteiger partial charge >= 0.3 is 18.3 Å². The number of nitrogens with zero attached hydrogens (tertiary/aromatic N) is 1. The van der Waals surface area contributed by atoms with Gasteiger partial charge < -0.3 is 14.2 Å². The number of carbonyl (C=O) groups excluding carboxylic acids is 4. The lowest BCUT2D eigenvalue weighted by atomic mass is 9.90. The van der Waals surface area contributed by atoms with Gasteiger partial charge in [0.1, 0.15) is 12.7 Å². The number of aliphatic imine (C=N–C) groups is 1. The first-order valence-corrected chi connectivity index (χ1v) is 13.9. The molecule has 0 spiro atoms. The second kappa shape index (κ2) is 13.4. The van der Waals surface area contributed by atoms with E-state index in [1.165, 1.54) is 18.6 Å². The Morgan fingerprint density at radius 2 is 1.65 bits per heavy atom. The first-order chi connectivity index (χ1) is 19.2. The third-order valence-electron chi connectivity index (χ3n) is 6.66. The molecule has 1 saturated heterocycles. The van der Waals surface area contributed by atoms with E-state index in [1.54, 1.807) is 51.1 Å². The molecule has 3 N–H and O–H groups in total. The highest BCUT2D eigenvalue weighted by molar-refractivity contribution is 8.07. The van der Waals surface area contributed by atoms with Crippen LogP contribution in [0.2, 0.25) is 0 Å². The van der Waals surface area contributed by atoms with Crippen molar-refractivity contribution in [2.75, 3.05) is 29.2 Å². The molecule has 0 bridgehead atoms. The van der Waals surface area contributed by atoms with Crippen molar-refractivity contribution in [2.45, 2.75) is 56.6 Å². The maximum absolute atomic E-state index is 12.4. The maximum atomic E-state index is 12.4. The summed E-state index contributed by atoms with van der Waals surface area (Å²) in [4.78, 5) is 51.0. The molecule has 12 heteroatoms. The van der Waals surface area contributed by atoms with Gasteiger partial charge in [0.2, 0.25) is 6.08 Å². The van der Waals surface area contributed by atoms with E-state index in [9.17, 15) is 19.2 Å². The van der Waals surface area contributed by atoms with E-state index < -0.39 is 24.4 Å². The molecule has 4 atom stereocenters. The lowest BCUT2D eigenvalue weighted by Gasteiger charge is -2.20. The van der Waals surface area contributed by atoms with E-state index in [0.717, 1.165) is 34.5 Å². The van der Waals surface area contributed by atoms with Crippen LogP contribution in [0.1, 0.15) is 37.3 Å². The van der Waals surface area contributed by atoms with Crippen LogP contribution in [0.5, 0.6) is 0 Å². The lowest BCUT2D eigenvalue weighted by Crippen LogP contribution is -2.26. The van der Waals surface area contributed by atoms with Crippen molar-refractivity contribution in [1.82, 2.24) is 0 Å². The van der Waals surface area contributed by atoms with Crippen molar-refractivity contribution in [2.24, 2.45) is 10.9 Å². The molecule has 0 radical (unpaired) electrons. The Morgan fingerprint density at radius 1 is 0.950 bits per heavy atom. The minimum atomic E-state index is -0.762. The smallest absolute Gasteiger partial charge is 0.412 e. The number of ether oxygens (including phenoxy) is 3. The Morgan fingerprint density at radius 3 is 2.40 bits per heavy atom. The highest BCUT2D eigenvalue weighted by atomic mass is 32.2. The number of carbonyl (C=O) groups is 3. The standard InChI is InChI=1S/C28H32N4O7S/c1-16-4-7-20(11-22(16)29-15-33)31-28(36)39-18(3)13-37-27(35)32-23-12-21(8-5-17(23)2)30-26(34)38-14-19-6-9-24-25(10-19)40-24/h4-5,7-8,11-12,18-19,24-25H,6,9-10,13-14H2,1-3H3,(H,30,34)(H,31,36)(H,32,35). The van der Waals surface area contributed by atoms with E-state index in [2.05, 4.69) is 20.9 Å². The second-order valence-electron chi connectivity index (χ2n) is 9.91. The third-order valence-corrected chi connectivity index (χ3v) is 8.13. The average molecular weight is 569 g/mol. The molecule has 4 rings (SSSR count). The number of isocyanates is 1. The molecule has 2 aliphatic rings. The van der Waals surface area contributed by atoms with Gasteiger partial charge in [-0.2, -0.15) is 16.8 Å². The van der Waals surface area contributed by atoms with Crippen LogP contribution in [0.4, 0.5) is 37.1 Å². The van der Waals surface area contributed by atoms with Crippen LogP contribution in [-0.4, -0.2) is 54.2 Å². The normalized spacial score (nSPS) is 19.6.